The van der Waals surface area contributed by atoms with Crippen molar-refractivity contribution < 1.29 is 5.03 Å². The Bertz CT molecular complexity index is 330. The van der Waals surface area contributed by atoms with Gasteiger partial charge in [-0.3, -0.25) is 0 Å². The van der Waals surface area contributed by atoms with Crippen molar-refractivity contribution in [3.63, 3.8) is 0 Å². The van der Waals surface area contributed by atoms with Crippen molar-refractivity contribution in [3.8, 4) is 0 Å². The molecule has 0 aliphatic heterocycles. The summed E-state index contributed by atoms with van der Waals surface area (Å²) < 4.78 is 0. The zero-order chi connectivity index (χ0) is 11.5. The minimum Gasteiger partial charge on any atom is -0.235 e. The predicted octanol–water partition coefficient (Wildman–Crippen LogP) is 2.48. The summed E-state index contributed by atoms with van der Waals surface area (Å²) in [7, 11) is 0. The van der Waals surface area contributed by atoms with Crippen LogP contribution in [0.3, 0.4) is 0 Å². The second-order valence-corrected chi connectivity index (χ2v) is 4.45. The molecule has 4 nitrogen and oxygen atoms in total. The molecular formula is C11H16N2O2. The van der Waals surface area contributed by atoms with Gasteiger partial charge in [-0.05, 0) is 26.3 Å². The number of nitrogens with zero attached hydrogens (tertiary/aromatic N) is 2. The lowest BCUT2D eigenvalue weighted by molar-refractivity contribution is -0.676. The summed E-state index contributed by atoms with van der Waals surface area (Å²) in [4.78, 5) is 10.9. The Hall–Kier alpha value is -1.58. The quantitative estimate of drug-likeness (QED) is 0.566. The highest BCUT2D eigenvalue weighted by Gasteiger charge is 2.29. The SMILES string of the molecule is CC(C)(C)N(Cc1ccccc1)[N+](=O)[O-]. The molecule has 1 aromatic carbocycles. The van der Waals surface area contributed by atoms with E-state index in [-0.39, 0.29) is 5.03 Å². The monoisotopic (exact) mass is 208 g/mol. The smallest absolute Gasteiger partial charge is 0.160 e. The van der Waals surface area contributed by atoms with Gasteiger partial charge in [0.05, 0.1) is 5.54 Å². The number of rotatable bonds is 3. The second-order valence-electron chi connectivity index (χ2n) is 4.45. The fraction of sp³-hybridized carbons (Fsp3) is 0.455. The van der Waals surface area contributed by atoms with Gasteiger partial charge in [0.15, 0.2) is 5.03 Å². The van der Waals surface area contributed by atoms with E-state index in [0.29, 0.717) is 6.54 Å². The van der Waals surface area contributed by atoms with Crippen molar-refractivity contribution in [1.29, 1.82) is 0 Å². The van der Waals surface area contributed by atoms with Gasteiger partial charge in [-0.2, -0.15) is 0 Å². The third kappa shape index (κ3) is 3.23. The zero-order valence-electron chi connectivity index (χ0n) is 9.30. The van der Waals surface area contributed by atoms with Gasteiger partial charge in [0.2, 0.25) is 0 Å². The Balaban J connectivity index is 2.82. The first-order chi connectivity index (χ1) is 6.91. The van der Waals surface area contributed by atoms with E-state index >= 15 is 0 Å². The number of hydrogen-bond donors (Lipinski definition) is 0. The fourth-order valence-corrected chi connectivity index (χ4v) is 1.30. The third-order valence-corrected chi connectivity index (χ3v) is 2.15. The van der Waals surface area contributed by atoms with Crippen LogP contribution in [-0.4, -0.2) is 15.6 Å². The highest BCUT2D eigenvalue weighted by Crippen LogP contribution is 2.16. The zero-order valence-corrected chi connectivity index (χ0v) is 9.30. The first-order valence-electron chi connectivity index (χ1n) is 4.87. The summed E-state index contributed by atoms with van der Waals surface area (Å²) in [5.41, 5.74) is 0.475. The van der Waals surface area contributed by atoms with Gasteiger partial charge in [-0.25, -0.2) is 10.1 Å². The first kappa shape index (κ1) is 11.5. The van der Waals surface area contributed by atoms with E-state index in [0.717, 1.165) is 5.56 Å². The largest absolute Gasteiger partial charge is 0.235 e. The van der Waals surface area contributed by atoms with Crippen molar-refractivity contribution in [1.82, 2.24) is 5.01 Å². The predicted molar refractivity (Wildman–Crippen MR) is 58.7 cm³/mol. The van der Waals surface area contributed by atoms with Crippen LogP contribution >= 0.6 is 0 Å². The van der Waals surface area contributed by atoms with Crippen molar-refractivity contribution in [2.75, 3.05) is 0 Å². The molecule has 0 saturated carbocycles. The van der Waals surface area contributed by atoms with Crippen molar-refractivity contribution >= 4 is 0 Å². The highest BCUT2D eigenvalue weighted by molar-refractivity contribution is 5.14. The van der Waals surface area contributed by atoms with E-state index in [2.05, 4.69) is 0 Å². The molecule has 15 heavy (non-hydrogen) atoms. The summed E-state index contributed by atoms with van der Waals surface area (Å²) >= 11 is 0. The molecule has 0 aliphatic rings. The van der Waals surface area contributed by atoms with Crippen molar-refractivity contribution in [2.24, 2.45) is 0 Å². The minimum absolute atomic E-state index is 0.331. The van der Waals surface area contributed by atoms with Crippen LogP contribution in [0.2, 0.25) is 0 Å². The molecule has 0 N–H and O–H groups in total. The minimum atomic E-state index is -0.473. The Labute approximate surface area is 89.6 Å². The Morgan fingerprint density at radius 1 is 1.27 bits per heavy atom. The number of benzene rings is 1. The Morgan fingerprint density at radius 2 is 1.80 bits per heavy atom. The number of nitro groups is 1. The van der Waals surface area contributed by atoms with E-state index in [4.69, 9.17) is 0 Å². The molecule has 4 heteroatoms. The maximum Gasteiger partial charge on any atom is 0.160 e. The van der Waals surface area contributed by atoms with Crippen LogP contribution in [0.15, 0.2) is 30.3 Å². The maximum absolute atomic E-state index is 10.9. The van der Waals surface area contributed by atoms with Crippen LogP contribution in [0.1, 0.15) is 26.3 Å². The lowest BCUT2D eigenvalue weighted by atomic mass is 10.1. The summed E-state index contributed by atoms with van der Waals surface area (Å²) in [5, 5.41) is 11.8. The molecule has 0 saturated heterocycles. The van der Waals surface area contributed by atoms with E-state index < -0.39 is 5.54 Å². The van der Waals surface area contributed by atoms with Crippen LogP contribution in [0.4, 0.5) is 0 Å². The van der Waals surface area contributed by atoms with Gasteiger partial charge in [-0.1, -0.05) is 30.3 Å². The van der Waals surface area contributed by atoms with Crippen LogP contribution in [-0.2, 0) is 6.54 Å². The van der Waals surface area contributed by atoms with E-state index in [9.17, 15) is 10.1 Å². The normalized spacial score (nSPS) is 11.1. The van der Waals surface area contributed by atoms with E-state index in [1.807, 2.05) is 51.1 Å². The van der Waals surface area contributed by atoms with Crippen LogP contribution < -0.4 is 0 Å². The molecule has 0 spiro atoms. The molecular weight excluding hydrogens is 192 g/mol. The first-order valence-corrected chi connectivity index (χ1v) is 4.87. The van der Waals surface area contributed by atoms with E-state index in [1.165, 1.54) is 5.01 Å². The van der Waals surface area contributed by atoms with E-state index in [1.54, 1.807) is 0 Å². The topological polar surface area (TPSA) is 46.4 Å². The molecule has 82 valence electrons. The summed E-state index contributed by atoms with van der Waals surface area (Å²) in [6.07, 6.45) is 0. The van der Waals surface area contributed by atoms with Gasteiger partial charge in [0.1, 0.15) is 6.54 Å². The Kier molecular flexibility index (Phi) is 3.29. The molecule has 0 unspecified atom stereocenters. The molecule has 0 heterocycles. The second kappa shape index (κ2) is 4.29. The molecule has 0 radical (unpaired) electrons. The Morgan fingerprint density at radius 3 is 2.20 bits per heavy atom. The fourth-order valence-electron chi connectivity index (χ4n) is 1.30. The summed E-state index contributed by atoms with van der Waals surface area (Å²) in [6, 6.07) is 9.45. The van der Waals surface area contributed by atoms with Gasteiger partial charge >= 0.3 is 0 Å². The molecule has 1 rings (SSSR count). The third-order valence-electron chi connectivity index (χ3n) is 2.15. The lowest BCUT2D eigenvalue weighted by Gasteiger charge is -2.27. The molecule has 0 bridgehead atoms. The molecule has 0 fully saturated rings. The number of hydrogen-bond acceptors (Lipinski definition) is 2. The molecule has 0 aromatic heterocycles. The standard InChI is InChI=1S/C11H16N2O2/c1-11(2,3)12(13(14)15)9-10-7-5-4-6-8-10/h4-8H,9H2,1-3H3. The molecule has 1 aromatic rings. The molecule has 0 amide bonds. The molecule has 0 atom stereocenters. The lowest BCUT2D eigenvalue weighted by Crippen LogP contribution is -2.44. The molecule has 0 aliphatic carbocycles. The van der Waals surface area contributed by atoms with Crippen molar-refractivity contribution in [2.45, 2.75) is 32.9 Å². The van der Waals surface area contributed by atoms with Gasteiger partial charge in [0.25, 0.3) is 0 Å². The number of hydrazine groups is 1. The maximum atomic E-state index is 10.9. The highest BCUT2D eigenvalue weighted by atomic mass is 16.7. The average Bonchev–Trinajstić information content (AvgIpc) is 2.13. The van der Waals surface area contributed by atoms with Gasteiger partial charge in [-0.15, -0.1) is 5.01 Å². The van der Waals surface area contributed by atoms with Crippen LogP contribution in [0, 0.1) is 10.1 Å². The average molecular weight is 208 g/mol. The summed E-state index contributed by atoms with van der Waals surface area (Å²) in [6.45, 7) is 5.83. The van der Waals surface area contributed by atoms with Crippen molar-refractivity contribution in [3.05, 3.63) is 46.0 Å². The summed E-state index contributed by atoms with van der Waals surface area (Å²) in [5.74, 6) is 0. The van der Waals surface area contributed by atoms with Crippen LogP contribution in [0.5, 0.6) is 0 Å². The van der Waals surface area contributed by atoms with Crippen LogP contribution in [0.25, 0.3) is 0 Å². The van der Waals surface area contributed by atoms with Gasteiger partial charge < -0.3 is 0 Å². The van der Waals surface area contributed by atoms with Gasteiger partial charge in [0, 0.05) is 0 Å².